The smallest absolute Gasteiger partial charge is 0.274 e. The van der Waals surface area contributed by atoms with Crippen molar-refractivity contribution in [1.29, 1.82) is 0 Å². The molecule has 0 N–H and O–H groups in total. The number of nitrogens with zero attached hydrogens (tertiary/aromatic N) is 4. The largest absolute Gasteiger partial charge is 0.378 e. The highest BCUT2D eigenvalue weighted by molar-refractivity contribution is 5.92. The highest BCUT2D eigenvalue weighted by Gasteiger charge is 2.38. The number of unbranched alkanes of at least 4 members (excludes halogenated alkanes) is 1. The van der Waals surface area contributed by atoms with Gasteiger partial charge in [0.2, 0.25) is 0 Å². The van der Waals surface area contributed by atoms with Gasteiger partial charge >= 0.3 is 0 Å². The van der Waals surface area contributed by atoms with Gasteiger partial charge in [-0.25, -0.2) is 4.98 Å². The SMILES string of the molecule is CCCC[C@@H]1CN(c2cncc(C(=O)N3CCOCC3)n2)C[C@H](C2CC2)O1. The zero-order valence-corrected chi connectivity index (χ0v) is 16.2. The maximum Gasteiger partial charge on any atom is 0.274 e. The van der Waals surface area contributed by atoms with Crippen LogP contribution in [0.15, 0.2) is 12.4 Å². The first kappa shape index (κ1) is 18.6. The van der Waals surface area contributed by atoms with Crippen LogP contribution in [0.5, 0.6) is 0 Å². The Morgan fingerprint density at radius 1 is 1.22 bits per heavy atom. The van der Waals surface area contributed by atoms with Crippen molar-refractivity contribution >= 4 is 11.7 Å². The van der Waals surface area contributed by atoms with E-state index in [0.717, 1.165) is 25.3 Å². The van der Waals surface area contributed by atoms with E-state index in [-0.39, 0.29) is 18.1 Å². The molecule has 2 atom stereocenters. The predicted octanol–water partition coefficient (Wildman–Crippen LogP) is 2.12. The number of morpholine rings is 2. The van der Waals surface area contributed by atoms with E-state index < -0.39 is 0 Å². The van der Waals surface area contributed by atoms with Crippen LogP contribution in [0, 0.1) is 5.92 Å². The van der Waals surface area contributed by atoms with Crippen LogP contribution in [0.25, 0.3) is 0 Å². The minimum atomic E-state index is -0.0535. The summed E-state index contributed by atoms with van der Waals surface area (Å²) in [5.74, 6) is 1.43. The second-order valence-electron chi connectivity index (χ2n) is 7.85. The first-order valence-electron chi connectivity index (χ1n) is 10.3. The molecule has 1 saturated carbocycles. The molecule has 2 saturated heterocycles. The number of rotatable bonds is 6. The average Bonchev–Trinajstić information content (AvgIpc) is 3.58. The number of carbonyl (C=O) groups is 1. The summed E-state index contributed by atoms with van der Waals surface area (Å²) < 4.78 is 11.7. The molecular formula is C20H30N4O3. The first-order valence-corrected chi connectivity index (χ1v) is 10.3. The van der Waals surface area contributed by atoms with Crippen molar-refractivity contribution in [3.05, 3.63) is 18.1 Å². The Kier molecular flexibility index (Phi) is 5.88. The molecule has 3 fully saturated rings. The molecule has 0 radical (unpaired) electrons. The van der Waals surface area contributed by atoms with Crippen LogP contribution in [-0.2, 0) is 9.47 Å². The van der Waals surface area contributed by atoms with Crippen LogP contribution < -0.4 is 4.90 Å². The van der Waals surface area contributed by atoms with E-state index in [9.17, 15) is 4.79 Å². The van der Waals surface area contributed by atoms with Crippen molar-refractivity contribution in [1.82, 2.24) is 14.9 Å². The zero-order valence-electron chi connectivity index (χ0n) is 16.2. The molecule has 27 heavy (non-hydrogen) atoms. The lowest BCUT2D eigenvalue weighted by Crippen LogP contribution is -2.49. The predicted molar refractivity (Wildman–Crippen MR) is 102 cm³/mol. The molecule has 1 aromatic rings. The molecular weight excluding hydrogens is 344 g/mol. The van der Waals surface area contributed by atoms with E-state index in [1.54, 1.807) is 17.3 Å². The summed E-state index contributed by atoms with van der Waals surface area (Å²) in [6.07, 6.45) is 9.84. The number of carbonyl (C=O) groups excluding carboxylic acids is 1. The molecule has 1 amide bonds. The minimum Gasteiger partial charge on any atom is -0.378 e. The fourth-order valence-electron chi connectivity index (χ4n) is 3.92. The molecule has 4 rings (SSSR count). The minimum absolute atomic E-state index is 0.0535. The van der Waals surface area contributed by atoms with Crippen molar-refractivity contribution < 1.29 is 14.3 Å². The van der Waals surface area contributed by atoms with Gasteiger partial charge in [0, 0.05) is 26.2 Å². The standard InChI is InChI=1S/C20H30N4O3/c1-2-3-4-16-13-24(14-18(27-16)15-5-6-15)19-12-21-11-17(22-19)20(25)23-7-9-26-10-8-23/h11-12,15-16,18H,2-10,13-14H2,1H3/t16-,18-/m1/s1. The molecule has 0 spiro atoms. The van der Waals surface area contributed by atoms with Gasteiger partial charge in [0.25, 0.3) is 5.91 Å². The summed E-state index contributed by atoms with van der Waals surface area (Å²) in [5.41, 5.74) is 0.425. The van der Waals surface area contributed by atoms with Gasteiger partial charge in [-0.15, -0.1) is 0 Å². The number of hydrogen-bond donors (Lipinski definition) is 0. The monoisotopic (exact) mass is 374 g/mol. The first-order chi connectivity index (χ1) is 13.2. The maximum atomic E-state index is 12.7. The lowest BCUT2D eigenvalue weighted by molar-refractivity contribution is -0.0412. The third-order valence-corrected chi connectivity index (χ3v) is 5.68. The lowest BCUT2D eigenvalue weighted by atomic mass is 10.1. The molecule has 2 aliphatic heterocycles. The highest BCUT2D eigenvalue weighted by atomic mass is 16.5. The summed E-state index contributed by atoms with van der Waals surface area (Å²) >= 11 is 0. The van der Waals surface area contributed by atoms with E-state index in [0.29, 0.717) is 37.9 Å². The summed E-state index contributed by atoms with van der Waals surface area (Å²) in [6.45, 7) is 6.29. The molecule has 7 heteroatoms. The van der Waals surface area contributed by atoms with Gasteiger partial charge in [-0.3, -0.25) is 9.78 Å². The van der Waals surface area contributed by atoms with E-state index in [2.05, 4.69) is 21.8 Å². The topological polar surface area (TPSA) is 67.8 Å². The molecule has 7 nitrogen and oxygen atoms in total. The fraction of sp³-hybridized carbons (Fsp3) is 0.750. The van der Waals surface area contributed by atoms with Crippen molar-refractivity contribution in [2.75, 3.05) is 44.3 Å². The number of hydrogen-bond acceptors (Lipinski definition) is 6. The Labute approximate surface area is 161 Å². The summed E-state index contributed by atoms with van der Waals surface area (Å²) in [7, 11) is 0. The molecule has 1 aliphatic carbocycles. The number of ether oxygens (including phenoxy) is 2. The lowest BCUT2D eigenvalue weighted by Gasteiger charge is -2.39. The van der Waals surface area contributed by atoms with Gasteiger partial charge < -0.3 is 19.3 Å². The van der Waals surface area contributed by atoms with Crippen LogP contribution in [-0.4, -0.2) is 72.4 Å². The molecule has 1 aromatic heterocycles. The van der Waals surface area contributed by atoms with Crippen LogP contribution >= 0.6 is 0 Å². The normalized spacial score (nSPS) is 26.3. The highest BCUT2D eigenvalue weighted by Crippen LogP contribution is 2.37. The van der Waals surface area contributed by atoms with Crippen LogP contribution in [0.1, 0.15) is 49.5 Å². The van der Waals surface area contributed by atoms with E-state index >= 15 is 0 Å². The summed E-state index contributed by atoms with van der Waals surface area (Å²) in [4.78, 5) is 25.8. The molecule has 0 bridgehead atoms. The number of aromatic nitrogens is 2. The third-order valence-electron chi connectivity index (χ3n) is 5.68. The van der Waals surface area contributed by atoms with Gasteiger partial charge in [0.05, 0.1) is 37.8 Å². The second-order valence-corrected chi connectivity index (χ2v) is 7.85. The molecule has 0 unspecified atom stereocenters. The van der Waals surface area contributed by atoms with Gasteiger partial charge in [-0.2, -0.15) is 0 Å². The van der Waals surface area contributed by atoms with Gasteiger partial charge in [-0.1, -0.05) is 19.8 Å². The van der Waals surface area contributed by atoms with E-state index in [1.165, 1.54) is 25.7 Å². The van der Waals surface area contributed by atoms with E-state index in [1.807, 2.05) is 0 Å². The van der Waals surface area contributed by atoms with Crippen molar-refractivity contribution in [2.24, 2.45) is 5.92 Å². The number of amides is 1. The van der Waals surface area contributed by atoms with Crippen LogP contribution in [0.4, 0.5) is 5.82 Å². The Balaban J connectivity index is 1.48. The summed E-state index contributed by atoms with van der Waals surface area (Å²) in [5, 5.41) is 0. The summed E-state index contributed by atoms with van der Waals surface area (Å²) in [6, 6.07) is 0. The van der Waals surface area contributed by atoms with Crippen LogP contribution in [0.3, 0.4) is 0 Å². The van der Waals surface area contributed by atoms with Gasteiger partial charge in [-0.05, 0) is 25.2 Å². The molecule has 3 aliphatic rings. The van der Waals surface area contributed by atoms with Gasteiger partial charge in [0.15, 0.2) is 0 Å². The van der Waals surface area contributed by atoms with Crippen molar-refractivity contribution in [3.63, 3.8) is 0 Å². The zero-order chi connectivity index (χ0) is 18.6. The van der Waals surface area contributed by atoms with Crippen molar-refractivity contribution in [2.45, 2.75) is 51.2 Å². The average molecular weight is 374 g/mol. The van der Waals surface area contributed by atoms with Crippen molar-refractivity contribution in [3.8, 4) is 0 Å². The Bertz CT molecular complexity index is 646. The van der Waals surface area contributed by atoms with E-state index in [4.69, 9.17) is 9.47 Å². The maximum absolute atomic E-state index is 12.7. The Morgan fingerprint density at radius 2 is 2.04 bits per heavy atom. The molecule has 0 aromatic carbocycles. The quantitative estimate of drug-likeness (QED) is 0.760. The molecule has 148 valence electrons. The third kappa shape index (κ3) is 4.58. The van der Waals surface area contributed by atoms with Gasteiger partial charge in [0.1, 0.15) is 11.5 Å². The Hall–Kier alpha value is -1.73. The number of anilines is 1. The Morgan fingerprint density at radius 3 is 2.78 bits per heavy atom. The second kappa shape index (κ2) is 8.52. The molecule has 3 heterocycles. The fourth-order valence-corrected chi connectivity index (χ4v) is 3.92. The van der Waals surface area contributed by atoms with Crippen LogP contribution in [0.2, 0.25) is 0 Å².